The van der Waals surface area contributed by atoms with Gasteiger partial charge in [0, 0.05) is 18.9 Å². The number of likely N-dealkylation sites (N-methyl/N-ethyl adjacent to an activating group) is 1. The SMILES string of the molecule is CCCCCCCCCCCCCc1cccc(OC(C)OC(=O)C(CC)[N+](C)(C)Cc2ccccc2)c1. The highest BCUT2D eigenvalue weighted by Gasteiger charge is 2.36. The van der Waals surface area contributed by atoms with Crippen LogP contribution in [0.15, 0.2) is 54.6 Å². The number of hydrogen-bond donors (Lipinski definition) is 0. The van der Waals surface area contributed by atoms with Crippen molar-refractivity contribution in [1.82, 2.24) is 0 Å². The van der Waals surface area contributed by atoms with Crippen molar-refractivity contribution in [3.63, 3.8) is 0 Å². The molecule has 2 aromatic carbocycles. The first-order valence-electron chi connectivity index (χ1n) is 15.2. The van der Waals surface area contributed by atoms with Gasteiger partial charge in [0.2, 0.25) is 6.29 Å². The maximum atomic E-state index is 13.1. The first-order valence-corrected chi connectivity index (χ1v) is 15.2. The lowest BCUT2D eigenvalue weighted by Gasteiger charge is -2.36. The molecular formula is C34H54NO3+. The molecule has 2 aromatic rings. The second-order valence-corrected chi connectivity index (χ2v) is 11.4. The minimum absolute atomic E-state index is 0.210. The number of unbranched alkanes of at least 4 members (excludes halogenated alkanes) is 10. The third-order valence-electron chi connectivity index (χ3n) is 7.49. The number of rotatable bonds is 20. The molecule has 212 valence electrons. The fourth-order valence-electron chi connectivity index (χ4n) is 5.34. The topological polar surface area (TPSA) is 35.5 Å². The van der Waals surface area contributed by atoms with Crippen LogP contribution in [0.4, 0.5) is 0 Å². The summed E-state index contributed by atoms with van der Waals surface area (Å²) in [6.07, 6.45) is 16.0. The Bertz CT molecular complexity index is 896. The lowest BCUT2D eigenvalue weighted by Crippen LogP contribution is -2.53. The van der Waals surface area contributed by atoms with E-state index in [4.69, 9.17) is 9.47 Å². The van der Waals surface area contributed by atoms with Crippen LogP contribution in [-0.2, 0) is 22.5 Å². The Morgan fingerprint density at radius 3 is 1.95 bits per heavy atom. The van der Waals surface area contributed by atoms with Gasteiger partial charge in [-0.1, -0.05) is 121 Å². The molecule has 0 aliphatic carbocycles. The second-order valence-electron chi connectivity index (χ2n) is 11.4. The molecule has 2 atom stereocenters. The Hall–Kier alpha value is -2.33. The minimum Gasteiger partial charge on any atom is -0.455 e. The van der Waals surface area contributed by atoms with E-state index < -0.39 is 6.29 Å². The van der Waals surface area contributed by atoms with Crippen LogP contribution >= 0.6 is 0 Å². The minimum atomic E-state index is -0.634. The van der Waals surface area contributed by atoms with Crippen LogP contribution in [0.2, 0.25) is 0 Å². The molecule has 4 heteroatoms. The van der Waals surface area contributed by atoms with Crippen molar-refractivity contribution >= 4 is 5.97 Å². The largest absolute Gasteiger partial charge is 0.455 e. The summed E-state index contributed by atoms with van der Waals surface area (Å²) in [5, 5.41) is 0. The molecule has 0 fully saturated rings. The molecule has 0 aromatic heterocycles. The van der Waals surface area contributed by atoms with E-state index in [2.05, 4.69) is 45.3 Å². The molecule has 0 radical (unpaired) electrons. The van der Waals surface area contributed by atoms with Gasteiger partial charge < -0.3 is 14.0 Å². The van der Waals surface area contributed by atoms with E-state index in [9.17, 15) is 4.79 Å². The van der Waals surface area contributed by atoms with E-state index in [-0.39, 0.29) is 12.0 Å². The van der Waals surface area contributed by atoms with Crippen LogP contribution in [0.3, 0.4) is 0 Å². The van der Waals surface area contributed by atoms with Gasteiger partial charge in [-0.15, -0.1) is 0 Å². The highest BCUT2D eigenvalue weighted by molar-refractivity contribution is 5.74. The summed E-state index contributed by atoms with van der Waals surface area (Å²) in [6.45, 7) is 6.89. The van der Waals surface area contributed by atoms with Crippen molar-refractivity contribution in [2.75, 3.05) is 14.1 Å². The van der Waals surface area contributed by atoms with E-state index >= 15 is 0 Å². The third-order valence-corrected chi connectivity index (χ3v) is 7.49. The highest BCUT2D eigenvalue weighted by Crippen LogP contribution is 2.21. The van der Waals surface area contributed by atoms with Crippen LogP contribution in [0, 0.1) is 0 Å². The summed E-state index contributed by atoms with van der Waals surface area (Å²) in [7, 11) is 4.18. The Labute approximate surface area is 233 Å². The number of hydrogen-bond acceptors (Lipinski definition) is 3. The molecule has 0 spiro atoms. The maximum Gasteiger partial charge on any atom is 0.368 e. The molecule has 0 saturated heterocycles. The van der Waals surface area contributed by atoms with Gasteiger partial charge >= 0.3 is 5.97 Å². The van der Waals surface area contributed by atoms with Gasteiger partial charge in [0.25, 0.3) is 0 Å². The van der Waals surface area contributed by atoms with E-state index in [0.29, 0.717) is 10.9 Å². The highest BCUT2D eigenvalue weighted by atomic mass is 16.7. The lowest BCUT2D eigenvalue weighted by atomic mass is 10.0. The second kappa shape index (κ2) is 18.0. The fraction of sp³-hybridized carbons (Fsp3) is 0.618. The molecule has 0 aliphatic heterocycles. The quantitative estimate of drug-likeness (QED) is 0.0751. The molecule has 38 heavy (non-hydrogen) atoms. The zero-order valence-corrected chi connectivity index (χ0v) is 24.9. The normalized spacial score (nSPS) is 13.2. The smallest absolute Gasteiger partial charge is 0.368 e. The fourth-order valence-corrected chi connectivity index (χ4v) is 5.34. The summed E-state index contributed by atoms with van der Waals surface area (Å²) in [5.41, 5.74) is 2.49. The Morgan fingerprint density at radius 2 is 1.34 bits per heavy atom. The van der Waals surface area contributed by atoms with Crippen molar-refractivity contribution < 1.29 is 18.8 Å². The molecule has 0 bridgehead atoms. The van der Waals surface area contributed by atoms with E-state index in [0.717, 1.165) is 18.7 Å². The van der Waals surface area contributed by atoms with Crippen molar-refractivity contribution in [2.24, 2.45) is 0 Å². The number of quaternary nitrogens is 1. The zero-order valence-electron chi connectivity index (χ0n) is 24.9. The molecule has 0 amide bonds. The molecular weight excluding hydrogens is 470 g/mol. The monoisotopic (exact) mass is 524 g/mol. The van der Waals surface area contributed by atoms with Crippen molar-refractivity contribution in [2.45, 2.75) is 123 Å². The summed E-state index contributed by atoms with van der Waals surface area (Å²) in [6, 6.07) is 18.3. The van der Waals surface area contributed by atoms with Crippen molar-refractivity contribution in [3.8, 4) is 5.75 Å². The molecule has 2 unspecified atom stereocenters. The molecule has 0 N–H and O–H groups in total. The van der Waals surface area contributed by atoms with Crippen LogP contribution in [0.25, 0.3) is 0 Å². The van der Waals surface area contributed by atoms with E-state index in [1.54, 1.807) is 6.92 Å². The molecule has 0 aliphatic rings. The Kier molecular flexibility index (Phi) is 15.1. The summed E-state index contributed by atoms with van der Waals surface area (Å²) in [5.74, 6) is 0.551. The molecule has 0 saturated carbocycles. The average molecular weight is 525 g/mol. The van der Waals surface area contributed by atoms with Crippen LogP contribution < -0.4 is 4.74 Å². The van der Waals surface area contributed by atoms with Gasteiger partial charge in [-0.2, -0.15) is 0 Å². The number of carbonyl (C=O) groups excluding carboxylic acids is 1. The molecule has 4 nitrogen and oxygen atoms in total. The van der Waals surface area contributed by atoms with E-state index in [1.807, 2.05) is 37.3 Å². The number of nitrogens with zero attached hydrogens (tertiary/aromatic N) is 1. The van der Waals surface area contributed by atoms with Gasteiger partial charge in [-0.25, -0.2) is 4.79 Å². The van der Waals surface area contributed by atoms with Gasteiger partial charge in [-0.3, -0.25) is 0 Å². The van der Waals surface area contributed by atoms with Crippen molar-refractivity contribution in [1.29, 1.82) is 0 Å². The van der Waals surface area contributed by atoms with Crippen LogP contribution in [-0.4, -0.2) is 36.9 Å². The summed E-state index contributed by atoms with van der Waals surface area (Å²) in [4.78, 5) is 13.1. The van der Waals surface area contributed by atoms with Gasteiger partial charge in [-0.05, 0) is 30.5 Å². The van der Waals surface area contributed by atoms with Gasteiger partial charge in [0.05, 0.1) is 14.1 Å². The zero-order chi connectivity index (χ0) is 27.6. The molecule has 2 rings (SSSR count). The van der Waals surface area contributed by atoms with Crippen molar-refractivity contribution in [3.05, 3.63) is 65.7 Å². The first-order chi connectivity index (χ1) is 18.4. The Balaban J connectivity index is 1.71. The Morgan fingerprint density at radius 1 is 0.763 bits per heavy atom. The third kappa shape index (κ3) is 12.5. The standard InChI is InChI=1S/C34H54NO3/c1-6-8-9-10-11-12-13-14-15-16-18-22-30-25-21-26-32(27-30)37-29(3)38-34(36)33(7-2)35(4,5)28-31-23-19-17-20-24-31/h17,19-21,23-27,29,33H,6-16,18,22,28H2,1-5H3/q+1. The predicted molar refractivity (Wildman–Crippen MR) is 159 cm³/mol. The number of aryl methyl sites for hydroxylation is 1. The first kappa shape index (κ1) is 31.9. The van der Waals surface area contributed by atoms with Gasteiger partial charge in [0.15, 0.2) is 6.04 Å². The summed E-state index contributed by atoms with van der Waals surface area (Å²) >= 11 is 0. The van der Waals surface area contributed by atoms with Crippen LogP contribution in [0.1, 0.15) is 109 Å². The van der Waals surface area contributed by atoms with Gasteiger partial charge in [0.1, 0.15) is 12.3 Å². The maximum absolute atomic E-state index is 13.1. The number of carbonyl (C=O) groups is 1. The lowest BCUT2D eigenvalue weighted by molar-refractivity contribution is -0.919. The number of ether oxygens (including phenoxy) is 2. The van der Waals surface area contributed by atoms with E-state index in [1.165, 1.54) is 81.8 Å². The summed E-state index contributed by atoms with van der Waals surface area (Å²) < 4.78 is 12.3. The predicted octanol–water partition coefficient (Wildman–Crippen LogP) is 8.86. The average Bonchev–Trinajstić information content (AvgIpc) is 2.88. The molecule has 0 heterocycles. The number of esters is 1. The number of benzene rings is 2. The van der Waals surface area contributed by atoms with Crippen LogP contribution in [0.5, 0.6) is 5.75 Å².